The molecule has 19 heavy (non-hydrogen) atoms. The van der Waals surface area contributed by atoms with Crippen LogP contribution in [0.25, 0.3) is 0 Å². The number of hydrogen-bond acceptors (Lipinski definition) is 4. The van der Waals surface area contributed by atoms with E-state index in [1.165, 1.54) is 19.3 Å². The lowest BCUT2D eigenvalue weighted by Gasteiger charge is -2.34. The fourth-order valence-corrected chi connectivity index (χ4v) is 3.12. The summed E-state index contributed by atoms with van der Waals surface area (Å²) in [7, 11) is 0. The van der Waals surface area contributed by atoms with Crippen molar-refractivity contribution < 1.29 is 9.53 Å². The number of cyclic esters (lactones) is 1. The minimum atomic E-state index is -0.0185. The van der Waals surface area contributed by atoms with Gasteiger partial charge in [0.25, 0.3) is 0 Å². The maximum Gasteiger partial charge on any atom is 0.323 e. The molecule has 0 aromatic carbocycles. The van der Waals surface area contributed by atoms with E-state index in [2.05, 4.69) is 10.00 Å². The predicted octanol–water partition coefficient (Wildman–Crippen LogP) is 1.30. The number of hydrogen-bond donors (Lipinski definition) is 0. The third kappa shape index (κ3) is 2.97. The molecule has 2 aliphatic heterocycles. The molecule has 1 aromatic heterocycles. The topological polar surface area (TPSA) is 47.4 Å². The van der Waals surface area contributed by atoms with Gasteiger partial charge in [-0.2, -0.15) is 5.10 Å². The Morgan fingerprint density at radius 3 is 2.79 bits per heavy atom. The molecule has 0 aliphatic carbocycles. The summed E-state index contributed by atoms with van der Waals surface area (Å²) in [6.07, 6.45) is 8.27. The standard InChI is InChI=1S/C14H21N3O2/c18-14-13(5-11-19-14)16-8-2-12(3-9-16)4-10-17-7-1-6-15-17/h1,6-7,12-13H,2-5,8-11H2. The Balaban J connectivity index is 1.43. The molecule has 0 N–H and O–H groups in total. The number of carbonyl (C=O) groups is 1. The van der Waals surface area contributed by atoms with E-state index in [4.69, 9.17) is 4.74 Å². The van der Waals surface area contributed by atoms with E-state index in [1.807, 2.05) is 23.1 Å². The van der Waals surface area contributed by atoms with Crippen LogP contribution in [0.3, 0.4) is 0 Å². The Morgan fingerprint density at radius 2 is 2.16 bits per heavy atom. The predicted molar refractivity (Wildman–Crippen MR) is 70.5 cm³/mol. The normalized spacial score (nSPS) is 25.7. The van der Waals surface area contributed by atoms with Crippen LogP contribution < -0.4 is 0 Å². The first-order chi connectivity index (χ1) is 9.33. The van der Waals surface area contributed by atoms with Crippen LogP contribution in [-0.4, -0.2) is 46.4 Å². The third-order valence-electron chi connectivity index (χ3n) is 4.32. The Labute approximate surface area is 113 Å². The van der Waals surface area contributed by atoms with Gasteiger partial charge in [0.15, 0.2) is 0 Å². The van der Waals surface area contributed by atoms with Gasteiger partial charge in [-0.1, -0.05) is 0 Å². The van der Waals surface area contributed by atoms with Gasteiger partial charge < -0.3 is 4.74 Å². The van der Waals surface area contributed by atoms with Gasteiger partial charge in [-0.05, 0) is 44.3 Å². The fraction of sp³-hybridized carbons (Fsp3) is 0.714. The quantitative estimate of drug-likeness (QED) is 0.768. The lowest BCUT2D eigenvalue weighted by Crippen LogP contribution is -2.43. The molecular formula is C14H21N3O2. The molecule has 0 amide bonds. The smallest absolute Gasteiger partial charge is 0.323 e. The van der Waals surface area contributed by atoms with Crippen LogP contribution in [0.1, 0.15) is 25.7 Å². The second-order valence-electron chi connectivity index (χ2n) is 5.51. The van der Waals surface area contributed by atoms with E-state index in [-0.39, 0.29) is 12.0 Å². The van der Waals surface area contributed by atoms with E-state index in [0.717, 1.165) is 32.0 Å². The number of piperidine rings is 1. The minimum absolute atomic E-state index is 0.0185. The summed E-state index contributed by atoms with van der Waals surface area (Å²) in [5.74, 6) is 0.743. The van der Waals surface area contributed by atoms with Crippen LogP contribution in [0, 0.1) is 5.92 Å². The molecule has 0 bridgehead atoms. The van der Waals surface area contributed by atoms with Crippen LogP contribution in [0.5, 0.6) is 0 Å². The van der Waals surface area contributed by atoms with Gasteiger partial charge in [-0.15, -0.1) is 0 Å². The molecule has 2 aliphatic rings. The molecule has 3 rings (SSSR count). The number of carbonyl (C=O) groups excluding carboxylic acids is 1. The van der Waals surface area contributed by atoms with E-state index in [0.29, 0.717) is 6.61 Å². The monoisotopic (exact) mass is 263 g/mol. The summed E-state index contributed by atoms with van der Waals surface area (Å²) in [4.78, 5) is 13.9. The third-order valence-corrected chi connectivity index (χ3v) is 4.32. The summed E-state index contributed by atoms with van der Waals surface area (Å²) in [6.45, 7) is 3.67. The zero-order chi connectivity index (χ0) is 13.1. The van der Waals surface area contributed by atoms with Crippen LogP contribution in [0.15, 0.2) is 18.5 Å². The number of nitrogens with zero attached hydrogens (tertiary/aromatic N) is 3. The molecule has 1 unspecified atom stereocenters. The molecule has 0 spiro atoms. The Kier molecular flexibility index (Phi) is 3.82. The van der Waals surface area contributed by atoms with Gasteiger partial charge >= 0.3 is 5.97 Å². The zero-order valence-electron chi connectivity index (χ0n) is 11.2. The second kappa shape index (κ2) is 5.74. The SMILES string of the molecule is O=C1OCCC1N1CCC(CCn2cccn2)CC1. The molecule has 0 saturated carbocycles. The Hall–Kier alpha value is -1.36. The molecule has 104 valence electrons. The van der Waals surface area contributed by atoms with Crippen LogP contribution in [-0.2, 0) is 16.1 Å². The average molecular weight is 263 g/mol. The molecular weight excluding hydrogens is 242 g/mol. The van der Waals surface area contributed by atoms with Crippen molar-refractivity contribution in [2.45, 2.75) is 38.3 Å². The van der Waals surface area contributed by atoms with Crippen molar-refractivity contribution in [3.63, 3.8) is 0 Å². The summed E-state index contributed by atoms with van der Waals surface area (Å²) in [5, 5.41) is 4.23. The van der Waals surface area contributed by atoms with Crippen molar-refractivity contribution >= 4 is 5.97 Å². The van der Waals surface area contributed by atoms with Gasteiger partial charge in [-0.3, -0.25) is 14.4 Å². The average Bonchev–Trinajstić information content (AvgIpc) is 3.08. The summed E-state index contributed by atoms with van der Waals surface area (Å²) in [6, 6.07) is 2.00. The summed E-state index contributed by atoms with van der Waals surface area (Å²) >= 11 is 0. The van der Waals surface area contributed by atoms with Crippen molar-refractivity contribution in [1.82, 2.24) is 14.7 Å². The Morgan fingerprint density at radius 1 is 1.32 bits per heavy atom. The highest BCUT2D eigenvalue weighted by Crippen LogP contribution is 2.25. The molecule has 1 atom stereocenters. The molecule has 5 heteroatoms. The lowest BCUT2D eigenvalue weighted by molar-refractivity contribution is -0.142. The van der Waals surface area contributed by atoms with Crippen molar-refractivity contribution in [3.8, 4) is 0 Å². The minimum Gasteiger partial charge on any atom is -0.464 e. The van der Waals surface area contributed by atoms with Gasteiger partial charge in [-0.25, -0.2) is 0 Å². The van der Waals surface area contributed by atoms with Crippen LogP contribution in [0.2, 0.25) is 0 Å². The van der Waals surface area contributed by atoms with Crippen molar-refractivity contribution in [1.29, 1.82) is 0 Å². The van der Waals surface area contributed by atoms with E-state index >= 15 is 0 Å². The van der Waals surface area contributed by atoms with Gasteiger partial charge in [0.2, 0.25) is 0 Å². The molecule has 0 radical (unpaired) electrons. The highest BCUT2D eigenvalue weighted by molar-refractivity contribution is 5.77. The fourth-order valence-electron chi connectivity index (χ4n) is 3.12. The zero-order valence-corrected chi connectivity index (χ0v) is 11.2. The number of rotatable bonds is 4. The van der Waals surface area contributed by atoms with E-state index in [9.17, 15) is 4.79 Å². The first-order valence-electron chi connectivity index (χ1n) is 7.21. The molecule has 3 heterocycles. The maximum absolute atomic E-state index is 11.6. The highest BCUT2D eigenvalue weighted by Gasteiger charge is 2.34. The van der Waals surface area contributed by atoms with E-state index < -0.39 is 0 Å². The van der Waals surface area contributed by atoms with Gasteiger partial charge in [0.1, 0.15) is 6.04 Å². The van der Waals surface area contributed by atoms with Gasteiger partial charge in [0.05, 0.1) is 6.61 Å². The largest absolute Gasteiger partial charge is 0.464 e. The molecule has 2 fully saturated rings. The van der Waals surface area contributed by atoms with Crippen molar-refractivity contribution in [2.75, 3.05) is 19.7 Å². The number of likely N-dealkylation sites (tertiary alicyclic amines) is 1. The number of aryl methyl sites for hydroxylation is 1. The number of aromatic nitrogens is 2. The summed E-state index contributed by atoms with van der Waals surface area (Å²) in [5.41, 5.74) is 0. The Bertz CT molecular complexity index is 410. The molecule has 5 nitrogen and oxygen atoms in total. The van der Waals surface area contributed by atoms with Crippen molar-refractivity contribution in [3.05, 3.63) is 18.5 Å². The highest BCUT2D eigenvalue weighted by atomic mass is 16.5. The van der Waals surface area contributed by atoms with Crippen LogP contribution >= 0.6 is 0 Å². The number of ether oxygens (including phenoxy) is 1. The first-order valence-corrected chi connectivity index (χ1v) is 7.21. The van der Waals surface area contributed by atoms with Crippen molar-refractivity contribution in [2.24, 2.45) is 5.92 Å². The molecule has 1 aromatic rings. The summed E-state index contributed by atoms with van der Waals surface area (Å²) < 4.78 is 7.05. The van der Waals surface area contributed by atoms with Crippen LogP contribution in [0.4, 0.5) is 0 Å². The van der Waals surface area contributed by atoms with Gasteiger partial charge in [0, 0.05) is 25.4 Å². The van der Waals surface area contributed by atoms with E-state index in [1.54, 1.807) is 0 Å². The lowest BCUT2D eigenvalue weighted by atomic mass is 9.92. The number of esters is 1. The maximum atomic E-state index is 11.6. The first kappa shape index (κ1) is 12.7. The second-order valence-corrected chi connectivity index (χ2v) is 5.51. The molecule has 2 saturated heterocycles.